The molecule has 0 saturated carbocycles. The normalized spacial score (nSPS) is 11.0. The zero-order chi connectivity index (χ0) is 14.7. The molecule has 0 radical (unpaired) electrons. The maximum absolute atomic E-state index is 12.1. The molecule has 0 amide bonds. The SMILES string of the molecule is O=C(C=Cc1ccccc1)c1nc2ccccc2c(=O)[nH]1. The molecule has 3 aromatic rings. The highest BCUT2D eigenvalue weighted by Gasteiger charge is 2.08. The van der Waals surface area contributed by atoms with Crippen molar-refractivity contribution < 1.29 is 4.79 Å². The van der Waals surface area contributed by atoms with Crippen LogP contribution in [0.15, 0.2) is 65.5 Å². The molecule has 0 bridgehead atoms. The fourth-order valence-corrected chi connectivity index (χ4v) is 2.02. The number of fused-ring (bicyclic) bond motifs is 1. The molecule has 4 heteroatoms. The maximum Gasteiger partial charge on any atom is 0.259 e. The van der Waals surface area contributed by atoms with Gasteiger partial charge in [0, 0.05) is 0 Å². The summed E-state index contributed by atoms with van der Waals surface area (Å²) in [6.45, 7) is 0. The minimum Gasteiger partial charge on any atom is -0.303 e. The number of aromatic nitrogens is 2. The highest BCUT2D eigenvalue weighted by molar-refractivity contribution is 6.04. The van der Waals surface area contributed by atoms with Crippen LogP contribution < -0.4 is 5.56 Å². The van der Waals surface area contributed by atoms with Crippen LogP contribution in [0.1, 0.15) is 16.2 Å². The number of hydrogen-bond donors (Lipinski definition) is 1. The summed E-state index contributed by atoms with van der Waals surface area (Å²) in [7, 11) is 0. The van der Waals surface area contributed by atoms with Gasteiger partial charge in [-0.05, 0) is 23.8 Å². The first kappa shape index (κ1) is 13.0. The first-order valence-corrected chi connectivity index (χ1v) is 6.50. The topological polar surface area (TPSA) is 62.8 Å². The van der Waals surface area contributed by atoms with Crippen LogP contribution in [0.2, 0.25) is 0 Å². The van der Waals surface area contributed by atoms with Crippen LogP contribution in [-0.4, -0.2) is 15.8 Å². The Labute approximate surface area is 120 Å². The van der Waals surface area contributed by atoms with E-state index in [-0.39, 0.29) is 17.2 Å². The van der Waals surface area contributed by atoms with Gasteiger partial charge in [0.15, 0.2) is 5.82 Å². The van der Waals surface area contributed by atoms with Crippen molar-refractivity contribution in [3.05, 3.63) is 82.4 Å². The number of nitrogens with one attached hydrogen (secondary N) is 1. The smallest absolute Gasteiger partial charge is 0.259 e. The van der Waals surface area contributed by atoms with E-state index < -0.39 is 0 Å². The number of nitrogens with zero attached hydrogens (tertiary/aromatic N) is 1. The van der Waals surface area contributed by atoms with Gasteiger partial charge in [-0.25, -0.2) is 4.98 Å². The van der Waals surface area contributed by atoms with Gasteiger partial charge in [-0.2, -0.15) is 0 Å². The third kappa shape index (κ3) is 2.79. The number of H-pyrrole nitrogens is 1. The van der Waals surface area contributed by atoms with Crippen LogP contribution >= 0.6 is 0 Å². The van der Waals surface area contributed by atoms with Crippen molar-refractivity contribution in [1.29, 1.82) is 0 Å². The molecule has 3 rings (SSSR count). The fraction of sp³-hybridized carbons (Fsp3) is 0. The van der Waals surface area contributed by atoms with E-state index in [1.54, 1.807) is 30.3 Å². The predicted molar refractivity (Wildman–Crippen MR) is 82.2 cm³/mol. The molecule has 1 aromatic heterocycles. The van der Waals surface area contributed by atoms with Crippen molar-refractivity contribution in [2.24, 2.45) is 0 Å². The molecule has 0 aliphatic carbocycles. The van der Waals surface area contributed by atoms with E-state index in [4.69, 9.17) is 0 Å². The summed E-state index contributed by atoms with van der Waals surface area (Å²) < 4.78 is 0. The highest BCUT2D eigenvalue weighted by Crippen LogP contribution is 2.07. The Morgan fingerprint density at radius 3 is 2.52 bits per heavy atom. The molecular formula is C17H12N2O2. The summed E-state index contributed by atoms with van der Waals surface area (Å²) in [4.78, 5) is 30.7. The van der Waals surface area contributed by atoms with E-state index in [0.717, 1.165) is 5.56 Å². The predicted octanol–water partition coefficient (Wildman–Crippen LogP) is 2.82. The monoisotopic (exact) mass is 276 g/mol. The van der Waals surface area contributed by atoms with Gasteiger partial charge < -0.3 is 4.98 Å². The molecule has 0 saturated heterocycles. The van der Waals surface area contributed by atoms with Gasteiger partial charge in [0.05, 0.1) is 10.9 Å². The molecule has 0 fully saturated rings. The molecular weight excluding hydrogens is 264 g/mol. The summed E-state index contributed by atoms with van der Waals surface area (Å²) in [5, 5.41) is 0.473. The van der Waals surface area contributed by atoms with Crippen molar-refractivity contribution >= 4 is 22.8 Å². The Morgan fingerprint density at radius 1 is 1.00 bits per heavy atom. The van der Waals surface area contributed by atoms with E-state index in [1.807, 2.05) is 30.3 Å². The van der Waals surface area contributed by atoms with Gasteiger partial charge in [0.2, 0.25) is 5.78 Å². The van der Waals surface area contributed by atoms with Crippen molar-refractivity contribution in [1.82, 2.24) is 9.97 Å². The molecule has 0 aliphatic rings. The number of para-hydroxylation sites is 1. The molecule has 0 aliphatic heterocycles. The number of benzene rings is 2. The van der Waals surface area contributed by atoms with Crippen LogP contribution in [0.3, 0.4) is 0 Å². The van der Waals surface area contributed by atoms with Crippen molar-refractivity contribution in [2.45, 2.75) is 0 Å². The highest BCUT2D eigenvalue weighted by atomic mass is 16.1. The Morgan fingerprint density at radius 2 is 1.71 bits per heavy atom. The molecule has 0 spiro atoms. The second-order valence-corrected chi connectivity index (χ2v) is 4.54. The summed E-state index contributed by atoms with van der Waals surface area (Å²) >= 11 is 0. The van der Waals surface area contributed by atoms with Gasteiger partial charge in [-0.1, -0.05) is 48.5 Å². The van der Waals surface area contributed by atoms with E-state index in [0.29, 0.717) is 10.9 Å². The van der Waals surface area contributed by atoms with E-state index in [1.165, 1.54) is 6.08 Å². The molecule has 2 aromatic carbocycles. The second-order valence-electron chi connectivity index (χ2n) is 4.54. The van der Waals surface area contributed by atoms with E-state index in [9.17, 15) is 9.59 Å². The number of hydrogen-bond acceptors (Lipinski definition) is 3. The third-order valence-electron chi connectivity index (χ3n) is 3.07. The number of rotatable bonds is 3. The standard InChI is InChI=1S/C17H12N2O2/c20-15(11-10-12-6-2-1-3-7-12)16-18-14-9-5-4-8-13(14)17(21)19-16/h1-11H,(H,18,19,21). The van der Waals surface area contributed by atoms with Crippen LogP contribution in [0.4, 0.5) is 0 Å². The number of ketones is 1. The van der Waals surface area contributed by atoms with E-state index >= 15 is 0 Å². The first-order valence-electron chi connectivity index (χ1n) is 6.50. The largest absolute Gasteiger partial charge is 0.303 e. The molecule has 1 N–H and O–H groups in total. The van der Waals surface area contributed by atoms with Gasteiger partial charge in [0.25, 0.3) is 5.56 Å². The minimum absolute atomic E-state index is 0.0471. The van der Waals surface area contributed by atoms with Crippen LogP contribution in [0.25, 0.3) is 17.0 Å². The average Bonchev–Trinajstić information content (AvgIpc) is 2.53. The van der Waals surface area contributed by atoms with Gasteiger partial charge >= 0.3 is 0 Å². The molecule has 102 valence electrons. The zero-order valence-electron chi connectivity index (χ0n) is 11.1. The van der Waals surface area contributed by atoms with E-state index in [2.05, 4.69) is 9.97 Å². The Kier molecular flexibility index (Phi) is 3.43. The molecule has 0 atom stereocenters. The summed E-state index contributed by atoms with van der Waals surface area (Å²) in [5.74, 6) is -0.285. The Bertz CT molecular complexity index is 880. The summed E-state index contributed by atoms with van der Waals surface area (Å²) in [6.07, 6.45) is 3.10. The van der Waals surface area contributed by atoms with Gasteiger partial charge in [-0.3, -0.25) is 9.59 Å². The molecule has 0 unspecified atom stereocenters. The summed E-state index contributed by atoms with van der Waals surface area (Å²) in [5.41, 5.74) is 1.11. The molecule has 21 heavy (non-hydrogen) atoms. The first-order chi connectivity index (χ1) is 10.2. The van der Waals surface area contributed by atoms with Crippen LogP contribution in [0, 0.1) is 0 Å². The lowest BCUT2D eigenvalue weighted by atomic mass is 10.2. The third-order valence-corrected chi connectivity index (χ3v) is 3.07. The number of carbonyl (C=O) groups is 1. The zero-order valence-corrected chi connectivity index (χ0v) is 11.1. The van der Waals surface area contributed by atoms with Gasteiger partial charge in [-0.15, -0.1) is 0 Å². The van der Waals surface area contributed by atoms with Crippen LogP contribution in [-0.2, 0) is 0 Å². The Hall–Kier alpha value is -3.01. The number of aromatic amines is 1. The summed E-state index contributed by atoms with van der Waals surface area (Å²) in [6, 6.07) is 16.4. The Balaban J connectivity index is 1.95. The van der Waals surface area contributed by atoms with Crippen molar-refractivity contribution in [3.8, 4) is 0 Å². The fourth-order valence-electron chi connectivity index (χ4n) is 2.02. The lowest BCUT2D eigenvalue weighted by Crippen LogP contribution is -2.14. The number of carbonyl (C=O) groups excluding carboxylic acids is 1. The minimum atomic E-state index is -0.332. The average molecular weight is 276 g/mol. The second kappa shape index (κ2) is 5.54. The van der Waals surface area contributed by atoms with Crippen LogP contribution in [0.5, 0.6) is 0 Å². The lowest BCUT2D eigenvalue weighted by Gasteiger charge is -1.99. The maximum atomic E-state index is 12.1. The molecule has 1 heterocycles. The lowest BCUT2D eigenvalue weighted by molar-refractivity contribution is 0.103. The van der Waals surface area contributed by atoms with Crippen molar-refractivity contribution in [2.75, 3.05) is 0 Å². The quantitative estimate of drug-likeness (QED) is 0.591. The number of allylic oxidation sites excluding steroid dienone is 1. The molecule has 4 nitrogen and oxygen atoms in total. The van der Waals surface area contributed by atoms with Gasteiger partial charge in [0.1, 0.15) is 0 Å². The van der Waals surface area contributed by atoms with Crippen molar-refractivity contribution in [3.63, 3.8) is 0 Å².